The molecule has 0 saturated heterocycles. The van der Waals surface area contributed by atoms with Gasteiger partial charge in [0.25, 0.3) is 11.9 Å². The van der Waals surface area contributed by atoms with Crippen molar-refractivity contribution in [1.82, 2.24) is 10.2 Å². The first-order valence-electron chi connectivity index (χ1n) is 7.66. The highest BCUT2D eigenvalue weighted by atomic mass is 19.1. The van der Waals surface area contributed by atoms with E-state index in [9.17, 15) is 9.18 Å². The van der Waals surface area contributed by atoms with Crippen molar-refractivity contribution in [1.29, 1.82) is 0 Å². The Kier molecular flexibility index (Phi) is 6.17. The molecule has 0 aliphatic rings. The van der Waals surface area contributed by atoms with E-state index < -0.39 is 5.82 Å². The van der Waals surface area contributed by atoms with Gasteiger partial charge in [0.1, 0.15) is 11.6 Å². The maximum absolute atomic E-state index is 13.1. The summed E-state index contributed by atoms with van der Waals surface area (Å²) < 4.78 is 23.8. The van der Waals surface area contributed by atoms with Gasteiger partial charge in [-0.15, -0.1) is 0 Å². The van der Waals surface area contributed by atoms with Gasteiger partial charge in [0.2, 0.25) is 0 Å². The van der Waals surface area contributed by atoms with Crippen molar-refractivity contribution in [2.45, 2.75) is 13.8 Å². The SMILES string of the molecule is CCN(CC)CCNC(=O)c1ccc(Oc2cccc(F)c2)o1. The molecule has 0 saturated carbocycles. The van der Waals surface area contributed by atoms with E-state index in [1.54, 1.807) is 6.07 Å². The Morgan fingerprint density at radius 2 is 2.04 bits per heavy atom. The van der Waals surface area contributed by atoms with Crippen LogP contribution in [-0.4, -0.2) is 37.0 Å². The van der Waals surface area contributed by atoms with Gasteiger partial charge in [-0.2, -0.15) is 0 Å². The van der Waals surface area contributed by atoms with Gasteiger partial charge in [0, 0.05) is 25.2 Å². The Hall–Kier alpha value is -2.34. The Morgan fingerprint density at radius 3 is 2.74 bits per heavy atom. The van der Waals surface area contributed by atoms with Crippen molar-refractivity contribution in [3.8, 4) is 11.7 Å². The van der Waals surface area contributed by atoms with Crippen LogP contribution in [0.15, 0.2) is 40.8 Å². The van der Waals surface area contributed by atoms with Crippen molar-refractivity contribution in [3.63, 3.8) is 0 Å². The largest absolute Gasteiger partial charge is 0.426 e. The van der Waals surface area contributed by atoms with Crippen molar-refractivity contribution in [2.75, 3.05) is 26.2 Å². The smallest absolute Gasteiger partial charge is 0.290 e. The molecule has 23 heavy (non-hydrogen) atoms. The summed E-state index contributed by atoms with van der Waals surface area (Å²) in [5, 5.41) is 2.79. The Labute approximate surface area is 135 Å². The zero-order valence-corrected chi connectivity index (χ0v) is 13.3. The molecule has 124 valence electrons. The van der Waals surface area contributed by atoms with Crippen molar-refractivity contribution in [3.05, 3.63) is 48.0 Å². The summed E-state index contributed by atoms with van der Waals surface area (Å²) in [7, 11) is 0. The van der Waals surface area contributed by atoms with Crippen LogP contribution in [0.3, 0.4) is 0 Å². The minimum absolute atomic E-state index is 0.143. The fraction of sp³-hybridized carbons (Fsp3) is 0.353. The summed E-state index contributed by atoms with van der Waals surface area (Å²) >= 11 is 0. The predicted molar refractivity (Wildman–Crippen MR) is 85.3 cm³/mol. The monoisotopic (exact) mass is 320 g/mol. The molecule has 1 aromatic carbocycles. The number of nitrogens with zero attached hydrogens (tertiary/aromatic N) is 1. The second-order valence-corrected chi connectivity index (χ2v) is 4.96. The van der Waals surface area contributed by atoms with Crippen LogP contribution in [0.4, 0.5) is 4.39 Å². The van der Waals surface area contributed by atoms with Crippen LogP contribution >= 0.6 is 0 Å². The third-order valence-corrected chi connectivity index (χ3v) is 3.43. The van der Waals surface area contributed by atoms with Crippen LogP contribution < -0.4 is 10.1 Å². The summed E-state index contributed by atoms with van der Waals surface area (Å²) in [5.74, 6) is -0.0806. The average Bonchev–Trinajstić information content (AvgIpc) is 3.00. The summed E-state index contributed by atoms with van der Waals surface area (Å²) in [4.78, 5) is 14.2. The first-order valence-corrected chi connectivity index (χ1v) is 7.66. The summed E-state index contributed by atoms with van der Waals surface area (Å²) in [5.41, 5.74) is 0. The number of ether oxygens (including phenoxy) is 1. The average molecular weight is 320 g/mol. The minimum Gasteiger partial charge on any atom is -0.426 e. The molecule has 2 rings (SSSR count). The van der Waals surface area contributed by atoms with Gasteiger partial charge in [-0.05, 0) is 31.3 Å². The maximum Gasteiger partial charge on any atom is 0.290 e. The molecule has 5 nitrogen and oxygen atoms in total. The van der Waals surface area contributed by atoms with Crippen LogP contribution in [-0.2, 0) is 0 Å². The Balaban J connectivity index is 1.87. The predicted octanol–water partition coefficient (Wildman–Crippen LogP) is 3.28. The van der Waals surface area contributed by atoms with Crippen LogP contribution in [0, 0.1) is 5.82 Å². The van der Waals surface area contributed by atoms with Crippen LogP contribution in [0.5, 0.6) is 11.7 Å². The molecule has 1 amide bonds. The molecule has 2 aromatic rings. The van der Waals surface area contributed by atoms with Crippen molar-refractivity contribution in [2.24, 2.45) is 0 Å². The van der Waals surface area contributed by atoms with Crippen molar-refractivity contribution < 1.29 is 18.3 Å². The first kappa shape index (κ1) is 17.0. The van der Waals surface area contributed by atoms with E-state index in [4.69, 9.17) is 9.15 Å². The highest BCUT2D eigenvalue weighted by Gasteiger charge is 2.12. The topological polar surface area (TPSA) is 54.7 Å². The van der Waals surface area contributed by atoms with Crippen LogP contribution in [0.2, 0.25) is 0 Å². The molecule has 1 aromatic heterocycles. The number of halogens is 1. The summed E-state index contributed by atoms with van der Waals surface area (Å²) in [6.45, 7) is 7.37. The van der Waals surface area contributed by atoms with E-state index in [1.807, 2.05) is 0 Å². The number of furan rings is 1. The lowest BCUT2D eigenvalue weighted by Crippen LogP contribution is -2.34. The lowest BCUT2D eigenvalue weighted by molar-refractivity contribution is 0.0916. The molecule has 0 aliphatic carbocycles. The van der Waals surface area contributed by atoms with Gasteiger partial charge in [0.15, 0.2) is 5.76 Å². The number of hydrogen-bond donors (Lipinski definition) is 1. The lowest BCUT2D eigenvalue weighted by atomic mass is 10.3. The van der Waals surface area contributed by atoms with E-state index >= 15 is 0 Å². The number of hydrogen-bond acceptors (Lipinski definition) is 4. The Morgan fingerprint density at radius 1 is 1.26 bits per heavy atom. The van der Waals surface area contributed by atoms with E-state index in [0.29, 0.717) is 12.3 Å². The highest BCUT2D eigenvalue weighted by Crippen LogP contribution is 2.24. The molecular weight excluding hydrogens is 299 g/mol. The summed E-state index contributed by atoms with van der Waals surface area (Å²) in [6, 6.07) is 8.77. The van der Waals surface area contributed by atoms with Gasteiger partial charge < -0.3 is 19.4 Å². The number of amides is 1. The van der Waals surface area contributed by atoms with E-state index in [-0.39, 0.29) is 17.6 Å². The van der Waals surface area contributed by atoms with E-state index in [0.717, 1.165) is 19.6 Å². The number of benzene rings is 1. The van der Waals surface area contributed by atoms with Crippen LogP contribution in [0.25, 0.3) is 0 Å². The minimum atomic E-state index is -0.400. The fourth-order valence-electron chi connectivity index (χ4n) is 2.10. The third kappa shape index (κ3) is 5.10. The molecule has 0 radical (unpaired) electrons. The van der Waals surface area contributed by atoms with Gasteiger partial charge in [-0.1, -0.05) is 19.9 Å². The Bertz CT molecular complexity index is 638. The molecule has 1 N–H and O–H groups in total. The maximum atomic E-state index is 13.1. The normalized spacial score (nSPS) is 10.8. The highest BCUT2D eigenvalue weighted by molar-refractivity contribution is 5.91. The lowest BCUT2D eigenvalue weighted by Gasteiger charge is -2.17. The van der Waals surface area contributed by atoms with E-state index in [1.165, 1.54) is 30.3 Å². The fourth-order valence-corrected chi connectivity index (χ4v) is 2.10. The molecule has 0 fully saturated rings. The quantitative estimate of drug-likeness (QED) is 0.811. The second kappa shape index (κ2) is 8.33. The van der Waals surface area contributed by atoms with E-state index in [2.05, 4.69) is 24.1 Å². The molecule has 0 aliphatic heterocycles. The number of nitrogens with one attached hydrogen (secondary N) is 1. The number of likely N-dealkylation sites (N-methyl/N-ethyl adjacent to an activating group) is 1. The molecular formula is C17H21FN2O3. The second-order valence-electron chi connectivity index (χ2n) is 4.96. The molecule has 0 bridgehead atoms. The molecule has 6 heteroatoms. The van der Waals surface area contributed by atoms with Gasteiger partial charge in [0.05, 0.1) is 0 Å². The van der Waals surface area contributed by atoms with Gasteiger partial charge in [-0.3, -0.25) is 4.79 Å². The van der Waals surface area contributed by atoms with Crippen LogP contribution in [0.1, 0.15) is 24.4 Å². The molecule has 0 unspecified atom stereocenters. The number of carbonyl (C=O) groups excluding carboxylic acids is 1. The molecule has 1 heterocycles. The summed E-state index contributed by atoms with van der Waals surface area (Å²) in [6.07, 6.45) is 0. The van der Waals surface area contributed by atoms with Gasteiger partial charge in [-0.25, -0.2) is 4.39 Å². The standard InChI is InChI=1S/C17H21FN2O3/c1-3-20(4-2)11-10-19-17(21)15-8-9-16(23-15)22-14-7-5-6-13(18)12-14/h5-9,12H,3-4,10-11H2,1-2H3,(H,19,21). The van der Waals surface area contributed by atoms with Gasteiger partial charge >= 0.3 is 0 Å². The molecule has 0 spiro atoms. The van der Waals surface area contributed by atoms with Crippen molar-refractivity contribution >= 4 is 5.91 Å². The zero-order chi connectivity index (χ0) is 16.7. The zero-order valence-electron chi connectivity index (χ0n) is 13.3. The number of carbonyl (C=O) groups is 1. The number of rotatable bonds is 8. The first-order chi connectivity index (χ1) is 11.1. The third-order valence-electron chi connectivity index (χ3n) is 3.43. The molecule has 0 atom stereocenters.